The van der Waals surface area contributed by atoms with E-state index < -0.39 is 0 Å². The zero-order chi connectivity index (χ0) is 11.4. The third-order valence-corrected chi connectivity index (χ3v) is 2.74. The molecular formula is C11H20BrNO2. The average Bonchev–Trinajstić information content (AvgIpc) is 2.20. The van der Waals surface area contributed by atoms with Crippen molar-refractivity contribution in [2.45, 2.75) is 44.9 Å². The Balaban J connectivity index is 3.04. The molecule has 0 heterocycles. The molecule has 0 spiro atoms. The summed E-state index contributed by atoms with van der Waals surface area (Å²) < 4.78 is 0. The molecule has 3 nitrogen and oxygen atoms in total. The Morgan fingerprint density at radius 3 is 2.20 bits per heavy atom. The summed E-state index contributed by atoms with van der Waals surface area (Å²) in [5.41, 5.74) is 0. The van der Waals surface area contributed by atoms with Gasteiger partial charge in [0.05, 0.1) is 0 Å². The van der Waals surface area contributed by atoms with Crippen LogP contribution in [0.5, 0.6) is 0 Å². The molecular weight excluding hydrogens is 258 g/mol. The van der Waals surface area contributed by atoms with Gasteiger partial charge in [-0.25, -0.2) is 0 Å². The molecule has 0 saturated heterocycles. The van der Waals surface area contributed by atoms with E-state index in [2.05, 4.69) is 15.9 Å². The van der Waals surface area contributed by atoms with Crippen molar-refractivity contribution >= 4 is 15.9 Å². The van der Waals surface area contributed by atoms with E-state index in [1.54, 1.807) is 6.08 Å². The third-order valence-electron chi connectivity index (χ3n) is 2.18. The third kappa shape index (κ3) is 13.6. The number of allylic oxidation sites excluding steroid dienone is 1. The van der Waals surface area contributed by atoms with Crippen molar-refractivity contribution in [2.24, 2.45) is 0 Å². The van der Waals surface area contributed by atoms with Crippen LogP contribution in [0.15, 0.2) is 12.2 Å². The van der Waals surface area contributed by atoms with Crippen LogP contribution < -0.4 is 0 Å². The highest BCUT2D eigenvalue weighted by molar-refractivity contribution is 9.09. The number of alkyl halides is 1. The topological polar surface area (TPSA) is 43.1 Å². The molecule has 4 heteroatoms. The Labute approximate surface area is 100 Å². The van der Waals surface area contributed by atoms with Crippen LogP contribution in [0.1, 0.15) is 44.9 Å². The van der Waals surface area contributed by atoms with Gasteiger partial charge in [-0.15, -0.1) is 0 Å². The lowest BCUT2D eigenvalue weighted by molar-refractivity contribution is -0.468. The maximum Gasteiger partial charge on any atom is 0.222 e. The Bertz CT molecular complexity index is 183. The van der Waals surface area contributed by atoms with Gasteiger partial charge in [-0.3, -0.25) is 10.1 Å². The largest absolute Gasteiger partial charge is 0.264 e. The number of rotatable bonds is 10. The van der Waals surface area contributed by atoms with Gasteiger partial charge in [0.25, 0.3) is 0 Å². The maximum absolute atomic E-state index is 9.99. The van der Waals surface area contributed by atoms with Gasteiger partial charge in [-0.05, 0) is 25.3 Å². The zero-order valence-electron chi connectivity index (χ0n) is 9.16. The fourth-order valence-electron chi connectivity index (χ4n) is 1.34. The van der Waals surface area contributed by atoms with Crippen LogP contribution in [0.2, 0.25) is 0 Å². The molecule has 0 rings (SSSR count). The number of unbranched alkanes of at least 4 members (excludes halogenated alkanes) is 6. The van der Waals surface area contributed by atoms with Crippen molar-refractivity contribution < 1.29 is 4.92 Å². The molecule has 15 heavy (non-hydrogen) atoms. The predicted octanol–water partition coefficient (Wildman–Crippen LogP) is 3.94. The molecule has 0 fully saturated rings. The van der Waals surface area contributed by atoms with Crippen molar-refractivity contribution in [3.8, 4) is 0 Å². The van der Waals surface area contributed by atoms with Crippen molar-refractivity contribution in [3.63, 3.8) is 0 Å². The predicted molar refractivity (Wildman–Crippen MR) is 67.1 cm³/mol. The smallest absolute Gasteiger partial charge is 0.222 e. The Hall–Kier alpha value is -0.380. The molecule has 0 aromatic carbocycles. The van der Waals surface area contributed by atoms with Gasteiger partial charge in [-0.1, -0.05) is 47.7 Å². The van der Waals surface area contributed by atoms with Crippen LogP contribution in [0.3, 0.4) is 0 Å². The van der Waals surface area contributed by atoms with Gasteiger partial charge < -0.3 is 0 Å². The van der Waals surface area contributed by atoms with Crippen molar-refractivity contribution in [1.29, 1.82) is 0 Å². The lowest BCUT2D eigenvalue weighted by Gasteiger charge is -1.98. The number of hydrogen-bond acceptors (Lipinski definition) is 2. The van der Waals surface area contributed by atoms with Gasteiger partial charge in [0.1, 0.15) is 0 Å². The monoisotopic (exact) mass is 277 g/mol. The minimum atomic E-state index is -0.309. The second-order valence-electron chi connectivity index (χ2n) is 3.59. The highest BCUT2D eigenvalue weighted by Crippen LogP contribution is 2.08. The Morgan fingerprint density at radius 2 is 1.60 bits per heavy atom. The van der Waals surface area contributed by atoms with Crippen LogP contribution >= 0.6 is 15.9 Å². The molecule has 88 valence electrons. The first-order chi connectivity index (χ1) is 7.27. The SMILES string of the molecule is O=[N+]([O-])C/C=C/CCCCCCCCBr. The lowest BCUT2D eigenvalue weighted by atomic mass is 10.1. The zero-order valence-corrected chi connectivity index (χ0v) is 10.7. The molecule has 0 aliphatic carbocycles. The van der Waals surface area contributed by atoms with E-state index in [4.69, 9.17) is 0 Å². The molecule has 0 amide bonds. The van der Waals surface area contributed by atoms with Crippen molar-refractivity contribution in [2.75, 3.05) is 11.9 Å². The van der Waals surface area contributed by atoms with Gasteiger partial charge >= 0.3 is 0 Å². The number of halogens is 1. The fourth-order valence-corrected chi connectivity index (χ4v) is 1.74. The summed E-state index contributed by atoms with van der Waals surface area (Å²) in [4.78, 5) is 9.68. The summed E-state index contributed by atoms with van der Waals surface area (Å²) in [6, 6.07) is 0. The van der Waals surface area contributed by atoms with Crippen molar-refractivity contribution in [3.05, 3.63) is 22.3 Å². The van der Waals surface area contributed by atoms with E-state index in [-0.39, 0.29) is 11.5 Å². The molecule has 0 aromatic heterocycles. The summed E-state index contributed by atoms with van der Waals surface area (Å²) in [5, 5.41) is 11.1. The van der Waals surface area contributed by atoms with E-state index in [0.29, 0.717) is 0 Å². The van der Waals surface area contributed by atoms with Gasteiger partial charge in [0, 0.05) is 10.3 Å². The van der Waals surface area contributed by atoms with E-state index in [1.165, 1.54) is 32.1 Å². The van der Waals surface area contributed by atoms with Gasteiger partial charge in [0.2, 0.25) is 6.54 Å². The summed E-state index contributed by atoms with van der Waals surface area (Å²) >= 11 is 3.41. The number of nitrogens with zero attached hydrogens (tertiary/aromatic N) is 1. The molecule has 0 radical (unpaired) electrons. The summed E-state index contributed by atoms with van der Waals surface area (Å²) in [7, 11) is 0. The molecule has 0 unspecified atom stereocenters. The molecule has 0 aromatic rings. The quantitative estimate of drug-likeness (QED) is 0.200. The second kappa shape index (κ2) is 11.7. The van der Waals surface area contributed by atoms with E-state index in [1.807, 2.05) is 6.08 Å². The highest BCUT2D eigenvalue weighted by atomic mass is 79.9. The summed E-state index contributed by atoms with van der Waals surface area (Å²) in [6.45, 7) is -0.0365. The summed E-state index contributed by atoms with van der Waals surface area (Å²) in [5.74, 6) is 0. The van der Waals surface area contributed by atoms with Crippen LogP contribution in [-0.4, -0.2) is 16.8 Å². The van der Waals surface area contributed by atoms with Gasteiger partial charge in [0.15, 0.2) is 0 Å². The van der Waals surface area contributed by atoms with Crippen LogP contribution in [0.4, 0.5) is 0 Å². The van der Waals surface area contributed by atoms with Crippen LogP contribution in [0.25, 0.3) is 0 Å². The maximum atomic E-state index is 9.99. The fraction of sp³-hybridized carbons (Fsp3) is 0.818. The average molecular weight is 278 g/mol. The highest BCUT2D eigenvalue weighted by Gasteiger charge is 1.90. The first-order valence-electron chi connectivity index (χ1n) is 5.60. The molecule has 0 atom stereocenters. The van der Waals surface area contributed by atoms with E-state index >= 15 is 0 Å². The number of nitro groups is 1. The normalized spacial score (nSPS) is 11.0. The van der Waals surface area contributed by atoms with Crippen molar-refractivity contribution in [1.82, 2.24) is 0 Å². The molecule has 0 bridgehead atoms. The van der Waals surface area contributed by atoms with Gasteiger partial charge in [-0.2, -0.15) is 0 Å². The molecule has 0 N–H and O–H groups in total. The van der Waals surface area contributed by atoms with Crippen LogP contribution in [-0.2, 0) is 0 Å². The number of hydrogen-bond donors (Lipinski definition) is 0. The molecule has 0 saturated carbocycles. The van der Waals surface area contributed by atoms with E-state index in [9.17, 15) is 10.1 Å². The lowest BCUT2D eigenvalue weighted by Crippen LogP contribution is -1.95. The Kier molecular flexibility index (Phi) is 11.4. The second-order valence-corrected chi connectivity index (χ2v) is 4.38. The molecule has 0 aliphatic rings. The minimum Gasteiger partial charge on any atom is -0.264 e. The Morgan fingerprint density at radius 1 is 1.00 bits per heavy atom. The van der Waals surface area contributed by atoms with E-state index in [0.717, 1.165) is 18.2 Å². The molecule has 0 aliphatic heterocycles. The van der Waals surface area contributed by atoms with Crippen LogP contribution in [0, 0.1) is 10.1 Å². The standard InChI is InChI=1S/C11H20BrNO2/c12-10-8-6-4-2-1-3-5-7-9-11-13(14)15/h7,9H,1-6,8,10-11H2/b9-7+. The first kappa shape index (κ1) is 14.6. The first-order valence-corrected chi connectivity index (χ1v) is 6.72. The summed E-state index contributed by atoms with van der Waals surface area (Å²) in [6.07, 6.45) is 12.1. The minimum absolute atomic E-state index is 0.0365.